The number of anilines is 1. The molecule has 4 N–H and O–H groups in total. The van der Waals surface area contributed by atoms with Crippen LogP contribution in [0, 0.1) is 5.82 Å². The minimum absolute atomic E-state index is 0.215. The molecule has 0 aliphatic rings. The van der Waals surface area contributed by atoms with Crippen molar-refractivity contribution in [3.8, 4) is 0 Å². The Morgan fingerprint density at radius 3 is 2.84 bits per heavy atom. The van der Waals surface area contributed by atoms with Gasteiger partial charge in [0.15, 0.2) is 0 Å². The highest BCUT2D eigenvalue weighted by atomic mass is 32.1. The number of carbonyl (C=O) groups is 1. The molecule has 2 aromatic rings. The Labute approximate surface area is 112 Å². The molecule has 0 aliphatic heterocycles. The summed E-state index contributed by atoms with van der Waals surface area (Å²) in [7, 11) is 0. The first kappa shape index (κ1) is 13.1. The fourth-order valence-electron chi connectivity index (χ4n) is 1.21. The van der Waals surface area contributed by atoms with Crippen molar-refractivity contribution in [3.05, 3.63) is 46.7 Å². The van der Waals surface area contributed by atoms with Gasteiger partial charge in [-0.2, -0.15) is 5.10 Å². The molecule has 0 aliphatic carbocycles. The van der Waals surface area contributed by atoms with Crippen LogP contribution in [0.25, 0.3) is 0 Å². The summed E-state index contributed by atoms with van der Waals surface area (Å²) >= 11 is 1.22. The van der Waals surface area contributed by atoms with Crippen LogP contribution in [0.15, 0.2) is 34.7 Å². The van der Waals surface area contributed by atoms with Crippen LogP contribution >= 0.6 is 11.3 Å². The number of hydrogen-bond acceptors (Lipinski definition) is 6. The van der Waals surface area contributed by atoms with Crippen molar-refractivity contribution in [1.82, 2.24) is 10.4 Å². The zero-order valence-electron chi connectivity index (χ0n) is 9.63. The third-order valence-electron chi connectivity index (χ3n) is 2.11. The summed E-state index contributed by atoms with van der Waals surface area (Å²) in [5.74, 6) is 4.22. The predicted octanol–water partition coefficient (Wildman–Crippen LogP) is 1.33. The Kier molecular flexibility index (Phi) is 4.16. The van der Waals surface area contributed by atoms with E-state index in [9.17, 15) is 9.18 Å². The number of nitrogen functional groups attached to an aromatic ring is 1. The summed E-state index contributed by atoms with van der Waals surface area (Å²) in [5.41, 5.74) is 5.61. The van der Waals surface area contributed by atoms with Crippen molar-refractivity contribution in [2.24, 2.45) is 10.9 Å². The van der Waals surface area contributed by atoms with Gasteiger partial charge in [-0.05, 0) is 17.7 Å². The number of aromatic nitrogens is 1. The van der Waals surface area contributed by atoms with Crippen molar-refractivity contribution in [1.29, 1.82) is 0 Å². The van der Waals surface area contributed by atoms with E-state index < -0.39 is 5.91 Å². The molecule has 6 nitrogen and oxygen atoms in total. The molecule has 98 valence electrons. The normalized spacial score (nSPS) is 10.6. The third kappa shape index (κ3) is 3.57. The second kappa shape index (κ2) is 6.03. The summed E-state index contributed by atoms with van der Waals surface area (Å²) in [5, 5.41) is 5.94. The van der Waals surface area contributed by atoms with E-state index in [2.05, 4.69) is 15.5 Å². The number of nitrogens with two attached hydrogens (primary N) is 1. The molecule has 0 fully saturated rings. The number of benzene rings is 1. The number of carbonyl (C=O) groups excluding carboxylic acids is 1. The number of nitrogens with one attached hydrogen (secondary N) is 2. The van der Waals surface area contributed by atoms with E-state index in [0.717, 1.165) is 5.56 Å². The summed E-state index contributed by atoms with van der Waals surface area (Å²) in [4.78, 5) is 15.1. The quantitative estimate of drug-likeness (QED) is 0.341. The lowest BCUT2D eigenvalue weighted by molar-refractivity contribution is 0.0949. The van der Waals surface area contributed by atoms with Crippen LogP contribution in [-0.2, 0) is 0 Å². The number of hydrazone groups is 1. The van der Waals surface area contributed by atoms with Crippen LogP contribution in [0.1, 0.15) is 16.1 Å². The minimum Gasteiger partial charge on any atom is -0.289 e. The minimum atomic E-state index is -0.466. The molecule has 8 heteroatoms. The molecule has 0 radical (unpaired) electrons. The first-order chi connectivity index (χ1) is 9.19. The SMILES string of the molecule is NNC(=O)c1csc(NN=Cc2ccc(F)cc2)n1. The maximum absolute atomic E-state index is 12.7. The zero-order chi connectivity index (χ0) is 13.7. The van der Waals surface area contributed by atoms with E-state index in [4.69, 9.17) is 5.84 Å². The fraction of sp³-hybridized carbons (Fsp3) is 0. The highest BCUT2D eigenvalue weighted by Crippen LogP contribution is 2.14. The first-order valence-electron chi connectivity index (χ1n) is 5.20. The maximum Gasteiger partial charge on any atom is 0.284 e. The van der Waals surface area contributed by atoms with Gasteiger partial charge in [0.2, 0.25) is 5.13 Å². The Morgan fingerprint density at radius 1 is 1.42 bits per heavy atom. The van der Waals surface area contributed by atoms with Crippen LogP contribution in [0.3, 0.4) is 0 Å². The fourth-order valence-corrected chi connectivity index (χ4v) is 1.85. The lowest BCUT2D eigenvalue weighted by Crippen LogP contribution is -2.30. The van der Waals surface area contributed by atoms with Gasteiger partial charge in [0.05, 0.1) is 6.21 Å². The van der Waals surface area contributed by atoms with E-state index in [1.54, 1.807) is 17.5 Å². The number of hydrazine groups is 1. The van der Waals surface area contributed by atoms with E-state index in [1.165, 1.54) is 29.7 Å². The van der Waals surface area contributed by atoms with Crippen molar-refractivity contribution in [2.45, 2.75) is 0 Å². The van der Waals surface area contributed by atoms with E-state index in [-0.39, 0.29) is 11.5 Å². The molecule has 0 saturated heterocycles. The Morgan fingerprint density at radius 2 is 2.16 bits per heavy atom. The van der Waals surface area contributed by atoms with Crippen molar-refractivity contribution < 1.29 is 9.18 Å². The second-order valence-corrected chi connectivity index (χ2v) is 4.29. The van der Waals surface area contributed by atoms with Gasteiger partial charge in [-0.15, -0.1) is 11.3 Å². The summed E-state index contributed by atoms with van der Waals surface area (Å²) < 4.78 is 12.7. The highest BCUT2D eigenvalue weighted by molar-refractivity contribution is 7.13. The third-order valence-corrected chi connectivity index (χ3v) is 2.86. The monoisotopic (exact) mass is 279 g/mol. The molecule has 0 bridgehead atoms. The molecule has 1 amide bonds. The van der Waals surface area contributed by atoms with E-state index >= 15 is 0 Å². The zero-order valence-corrected chi connectivity index (χ0v) is 10.4. The number of amides is 1. The number of thiazole rings is 1. The Hall–Kier alpha value is -2.32. The van der Waals surface area contributed by atoms with Gasteiger partial charge in [-0.25, -0.2) is 15.2 Å². The number of nitrogens with zero attached hydrogens (tertiary/aromatic N) is 2. The average Bonchev–Trinajstić information content (AvgIpc) is 2.89. The van der Waals surface area contributed by atoms with Gasteiger partial charge < -0.3 is 0 Å². The lowest BCUT2D eigenvalue weighted by atomic mass is 10.2. The molecular formula is C11H10FN5OS. The van der Waals surface area contributed by atoms with Crippen molar-refractivity contribution in [3.63, 3.8) is 0 Å². The summed E-state index contributed by atoms with van der Waals surface area (Å²) in [6, 6.07) is 5.87. The largest absolute Gasteiger partial charge is 0.289 e. The lowest BCUT2D eigenvalue weighted by Gasteiger charge is -1.95. The molecule has 19 heavy (non-hydrogen) atoms. The van der Waals surface area contributed by atoms with Gasteiger partial charge in [-0.1, -0.05) is 12.1 Å². The topological polar surface area (TPSA) is 92.4 Å². The molecule has 1 aromatic heterocycles. The smallest absolute Gasteiger partial charge is 0.284 e. The van der Waals surface area contributed by atoms with Gasteiger partial charge in [0, 0.05) is 5.38 Å². The molecular weight excluding hydrogens is 269 g/mol. The number of hydrogen-bond donors (Lipinski definition) is 3. The molecule has 0 atom stereocenters. The van der Waals surface area contributed by atoms with E-state index in [0.29, 0.717) is 5.13 Å². The first-order valence-corrected chi connectivity index (χ1v) is 6.08. The van der Waals surface area contributed by atoms with Crippen molar-refractivity contribution >= 4 is 28.6 Å². The van der Waals surface area contributed by atoms with Crippen LogP contribution in [0.4, 0.5) is 9.52 Å². The van der Waals surface area contributed by atoms with Crippen LogP contribution in [0.5, 0.6) is 0 Å². The molecule has 1 heterocycles. The molecule has 0 unspecified atom stereocenters. The number of halogens is 1. The highest BCUT2D eigenvalue weighted by Gasteiger charge is 2.07. The summed E-state index contributed by atoms with van der Waals surface area (Å²) in [6.07, 6.45) is 1.52. The molecule has 0 saturated carbocycles. The average molecular weight is 279 g/mol. The Balaban J connectivity index is 1.96. The van der Waals surface area contributed by atoms with Gasteiger partial charge in [0.25, 0.3) is 5.91 Å². The summed E-state index contributed by atoms with van der Waals surface area (Å²) in [6.45, 7) is 0. The predicted molar refractivity (Wildman–Crippen MR) is 71.4 cm³/mol. The van der Waals surface area contributed by atoms with Crippen LogP contribution < -0.4 is 16.7 Å². The van der Waals surface area contributed by atoms with Gasteiger partial charge in [-0.3, -0.25) is 15.6 Å². The number of rotatable bonds is 4. The van der Waals surface area contributed by atoms with Gasteiger partial charge in [0.1, 0.15) is 11.5 Å². The standard InChI is InChI=1S/C11H10FN5OS/c12-8-3-1-7(2-4-8)5-14-17-11-15-9(6-19-11)10(18)16-13/h1-6H,13H2,(H,15,17)(H,16,18). The Bertz CT molecular complexity index is 595. The molecule has 0 spiro atoms. The maximum atomic E-state index is 12.7. The van der Waals surface area contributed by atoms with Crippen LogP contribution in [0.2, 0.25) is 0 Å². The van der Waals surface area contributed by atoms with Crippen molar-refractivity contribution in [2.75, 3.05) is 5.43 Å². The van der Waals surface area contributed by atoms with E-state index in [1.807, 2.05) is 5.43 Å². The van der Waals surface area contributed by atoms with Gasteiger partial charge >= 0.3 is 0 Å². The molecule has 2 rings (SSSR count). The van der Waals surface area contributed by atoms with Crippen LogP contribution in [-0.4, -0.2) is 17.1 Å². The molecule has 1 aromatic carbocycles. The second-order valence-electron chi connectivity index (χ2n) is 3.43.